The Morgan fingerprint density at radius 1 is 1.20 bits per heavy atom. The van der Waals surface area contributed by atoms with Crippen molar-refractivity contribution in [2.45, 2.75) is 13.5 Å². The van der Waals surface area contributed by atoms with E-state index < -0.39 is 0 Å². The third-order valence-electron chi connectivity index (χ3n) is 3.51. The van der Waals surface area contributed by atoms with Gasteiger partial charge < -0.3 is 9.88 Å². The average Bonchev–Trinajstić information content (AvgIpc) is 2.75. The van der Waals surface area contributed by atoms with Crippen molar-refractivity contribution in [1.82, 2.24) is 9.55 Å². The number of nitrogens with one attached hydrogen (secondary N) is 1. The largest absolute Gasteiger partial charge is 0.378 e. The zero-order valence-electron chi connectivity index (χ0n) is 11.5. The maximum Gasteiger partial charge on any atom is 0.128 e. The number of imidazole rings is 1. The van der Waals surface area contributed by atoms with E-state index in [2.05, 4.69) is 63.0 Å². The summed E-state index contributed by atoms with van der Waals surface area (Å²) >= 11 is 3.48. The molecule has 1 heterocycles. The molecule has 1 aromatic heterocycles. The fourth-order valence-corrected chi connectivity index (χ4v) is 2.83. The van der Waals surface area contributed by atoms with E-state index in [4.69, 9.17) is 0 Å². The van der Waals surface area contributed by atoms with Crippen molar-refractivity contribution in [1.29, 1.82) is 0 Å². The van der Waals surface area contributed by atoms with Gasteiger partial charge in [0.15, 0.2) is 0 Å². The highest BCUT2D eigenvalue weighted by molar-refractivity contribution is 9.10. The molecule has 2 aromatic carbocycles. The second-order valence-electron chi connectivity index (χ2n) is 4.89. The Bertz CT molecular complexity index is 762. The van der Waals surface area contributed by atoms with Gasteiger partial charge in [-0.05, 0) is 42.8 Å². The van der Waals surface area contributed by atoms with Gasteiger partial charge in [0.05, 0.1) is 17.6 Å². The predicted molar refractivity (Wildman–Crippen MR) is 86.9 cm³/mol. The lowest BCUT2D eigenvalue weighted by molar-refractivity contribution is 0.834. The Labute approximate surface area is 126 Å². The summed E-state index contributed by atoms with van der Waals surface area (Å²) in [5, 5.41) is 3.45. The first kappa shape index (κ1) is 13.2. The van der Waals surface area contributed by atoms with Gasteiger partial charge in [-0.3, -0.25) is 0 Å². The van der Waals surface area contributed by atoms with E-state index in [0.29, 0.717) is 6.54 Å². The maximum absolute atomic E-state index is 4.67. The van der Waals surface area contributed by atoms with Crippen LogP contribution in [0.3, 0.4) is 0 Å². The second kappa shape index (κ2) is 5.29. The summed E-state index contributed by atoms with van der Waals surface area (Å²) in [6.07, 6.45) is 0. The third kappa shape index (κ3) is 2.43. The molecule has 102 valence electrons. The first-order chi connectivity index (χ1) is 9.65. The van der Waals surface area contributed by atoms with Crippen LogP contribution in [-0.2, 0) is 13.6 Å². The first-order valence-corrected chi connectivity index (χ1v) is 7.35. The normalized spacial score (nSPS) is 10.9. The molecule has 0 unspecified atom stereocenters. The molecule has 0 spiro atoms. The van der Waals surface area contributed by atoms with Gasteiger partial charge in [-0.2, -0.15) is 0 Å². The predicted octanol–water partition coefficient (Wildman–Crippen LogP) is 4.26. The summed E-state index contributed by atoms with van der Waals surface area (Å²) < 4.78 is 3.24. The fraction of sp³-hybridized carbons (Fsp3) is 0.188. The van der Waals surface area contributed by atoms with E-state index in [-0.39, 0.29) is 0 Å². The Hall–Kier alpha value is -1.81. The first-order valence-electron chi connectivity index (χ1n) is 6.55. The summed E-state index contributed by atoms with van der Waals surface area (Å²) in [5.74, 6) is 1.04. The maximum atomic E-state index is 4.67. The topological polar surface area (TPSA) is 29.9 Å². The highest BCUT2D eigenvalue weighted by Gasteiger charge is 2.07. The molecule has 0 aliphatic rings. The zero-order valence-corrected chi connectivity index (χ0v) is 13.1. The smallest absolute Gasteiger partial charge is 0.128 e. The van der Waals surface area contributed by atoms with Crippen LogP contribution in [0, 0.1) is 6.92 Å². The van der Waals surface area contributed by atoms with E-state index in [0.717, 1.165) is 27.0 Å². The van der Waals surface area contributed by atoms with Crippen LogP contribution in [0.25, 0.3) is 11.0 Å². The summed E-state index contributed by atoms with van der Waals surface area (Å²) in [6, 6.07) is 14.4. The van der Waals surface area contributed by atoms with E-state index >= 15 is 0 Å². The Morgan fingerprint density at radius 2 is 2.00 bits per heavy atom. The lowest BCUT2D eigenvalue weighted by atomic mass is 10.2. The highest BCUT2D eigenvalue weighted by Crippen LogP contribution is 2.21. The van der Waals surface area contributed by atoms with Crippen LogP contribution in [0.4, 0.5) is 5.69 Å². The standard InChI is InChI=1S/C16H16BrN3/c1-11-9-12(17)7-8-13(11)18-10-16-19-14-5-3-4-6-15(14)20(16)2/h3-9,18H,10H2,1-2H3. The molecule has 20 heavy (non-hydrogen) atoms. The van der Waals surface area contributed by atoms with Crippen molar-refractivity contribution < 1.29 is 0 Å². The van der Waals surface area contributed by atoms with Crippen molar-refractivity contribution in [3.63, 3.8) is 0 Å². The van der Waals surface area contributed by atoms with Crippen LogP contribution in [-0.4, -0.2) is 9.55 Å². The third-order valence-corrected chi connectivity index (χ3v) is 4.00. The Kier molecular flexibility index (Phi) is 3.49. The van der Waals surface area contributed by atoms with Gasteiger partial charge in [-0.25, -0.2) is 4.98 Å². The molecule has 0 aliphatic heterocycles. The molecular formula is C16H16BrN3. The van der Waals surface area contributed by atoms with Crippen LogP contribution in [0.5, 0.6) is 0 Å². The molecule has 4 heteroatoms. The van der Waals surface area contributed by atoms with Gasteiger partial charge in [0, 0.05) is 17.2 Å². The molecule has 3 rings (SSSR count). The molecule has 0 saturated heterocycles. The quantitative estimate of drug-likeness (QED) is 0.778. The van der Waals surface area contributed by atoms with Crippen LogP contribution >= 0.6 is 15.9 Å². The van der Waals surface area contributed by atoms with Gasteiger partial charge in [-0.1, -0.05) is 28.1 Å². The van der Waals surface area contributed by atoms with Crippen LogP contribution in [0.2, 0.25) is 0 Å². The van der Waals surface area contributed by atoms with E-state index in [1.807, 2.05) is 24.3 Å². The monoisotopic (exact) mass is 329 g/mol. The number of aryl methyl sites for hydroxylation is 2. The Balaban J connectivity index is 1.85. The number of fused-ring (bicyclic) bond motifs is 1. The van der Waals surface area contributed by atoms with Gasteiger partial charge in [0.1, 0.15) is 5.82 Å². The molecule has 0 fully saturated rings. The second-order valence-corrected chi connectivity index (χ2v) is 5.80. The van der Waals surface area contributed by atoms with Crippen molar-refractivity contribution in [2.24, 2.45) is 7.05 Å². The van der Waals surface area contributed by atoms with Gasteiger partial charge in [-0.15, -0.1) is 0 Å². The minimum atomic E-state index is 0.716. The molecule has 0 aliphatic carbocycles. The number of halogens is 1. The number of benzene rings is 2. The number of anilines is 1. The molecule has 0 saturated carbocycles. The van der Waals surface area contributed by atoms with E-state index in [9.17, 15) is 0 Å². The Morgan fingerprint density at radius 3 is 2.75 bits per heavy atom. The summed E-state index contributed by atoms with van der Waals surface area (Å²) in [4.78, 5) is 4.67. The molecule has 0 radical (unpaired) electrons. The molecule has 0 bridgehead atoms. The number of aromatic nitrogens is 2. The van der Waals surface area contributed by atoms with Gasteiger partial charge in [0.25, 0.3) is 0 Å². The van der Waals surface area contributed by atoms with Crippen molar-refractivity contribution in [3.05, 3.63) is 58.3 Å². The molecular weight excluding hydrogens is 314 g/mol. The van der Waals surface area contributed by atoms with Crippen LogP contribution in [0.1, 0.15) is 11.4 Å². The number of hydrogen-bond acceptors (Lipinski definition) is 2. The molecule has 1 N–H and O–H groups in total. The molecule has 0 atom stereocenters. The van der Waals surface area contributed by atoms with Crippen LogP contribution < -0.4 is 5.32 Å². The summed E-state index contributed by atoms with van der Waals surface area (Å²) in [7, 11) is 2.06. The van der Waals surface area contributed by atoms with E-state index in [1.165, 1.54) is 5.56 Å². The number of rotatable bonds is 3. The number of hydrogen-bond donors (Lipinski definition) is 1. The summed E-state index contributed by atoms with van der Waals surface area (Å²) in [6.45, 7) is 2.82. The van der Waals surface area contributed by atoms with Gasteiger partial charge >= 0.3 is 0 Å². The molecule has 3 aromatic rings. The van der Waals surface area contributed by atoms with Crippen molar-refractivity contribution >= 4 is 32.7 Å². The molecule has 3 nitrogen and oxygen atoms in total. The minimum Gasteiger partial charge on any atom is -0.378 e. The van der Waals surface area contributed by atoms with Gasteiger partial charge in [0.2, 0.25) is 0 Å². The van der Waals surface area contributed by atoms with Crippen molar-refractivity contribution in [2.75, 3.05) is 5.32 Å². The zero-order chi connectivity index (χ0) is 14.1. The minimum absolute atomic E-state index is 0.716. The average molecular weight is 330 g/mol. The fourth-order valence-electron chi connectivity index (χ4n) is 2.35. The lowest BCUT2D eigenvalue weighted by Gasteiger charge is -2.09. The van der Waals surface area contributed by atoms with Crippen LogP contribution in [0.15, 0.2) is 46.9 Å². The highest BCUT2D eigenvalue weighted by atomic mass is 79.9. The number of para-hydroxylation sites is 2. The number of nitrogens with zero attached hydrogens (tertiary/aromatic N) is 2. The van der Waals surface area contributed by atoms with Crippen molar-refractivity contribution in [3.8, 4) is 0 Å². The lowest BCUT2D eigenvalue weighted by Crippen LogP contribution is -2.06. The summed E-state index contributed by atoms with van der Waals surface area (Å²) in [5.41, 5.74) is 4.56. The molecule has 0 amide bonds. The SMILES string of the molecule is Cc1cc(Br)ccc1NCc1nc2ccccc2n1C. The van der Waals surface area contributed by atoms with E-state index in [1.54, 1.807) is 0 Å².